The molecule has 0 fully saturated rings. The van der Waals surface area contributed by atoms with Gasteiger partial charge in [0.2, 0.25) is 0 Å². The van der Waals surface area contributed by atoms with Gasteiger partial charge in [-0.2, -0.15) is 0 Å². The van der Waals surface area contributed by atoms with Crippen LogP contribution in [0.1, 0.15) is 18.5 Å². The van der Waals surface area contributed by atoms with Crippen molar-refractivity contribution >= 4 is 29.0 Å². The number of carbonyl (C=O) groups is 1. The van der Waals surface area contributed by atoms with E-state index >= 15 is 0 Å². The Morgan fingerprint density at radius 2 is 2.20 bits per heavy atom. The zero-order valence-corrected chi connectivity index (χ0v) is 12.5. The largest absolute Gasteiger partial charge is 0.466 e. The molecule has 1 aromatic carbocycles. The van der Waals surface area contributed by atoms with Crippen LogP contribution in [0.4, 0.5) is 5.69 Å². The lowest BCUT2D eigenvalue weighted by Gasteiger charge is -2.35. The van der Waals surface area contributed by atoms with Crippen molar-refractivity contribution in [2.75, 3.05) is 19.9 Å². The average molecular weight is 291 g/mol. The zero-order valence-electron chi connectivity index (χ0n) is 11.6. The van der Waals surface area contributed by atoms with Crippen LogP contribution in [0.15, 0.2) is 35.5 Å². The van der Waals surface area contributed by atoms with Gasteiger partial charge >= 0.3 is 5.97 Å². The molecule has 5 nitrogen and oxygen atoms in total. The van der Waals surface area contributed by atoms with Crippen molar-refractivity contribution < 1.29 is 9.53 Å². The molecule has 1 heterocycles. The first kappa shape index (κ1) is 14.3. The molecule has 0 saturated carbocycles. The molecule has 0 bridgehead atoms. The third-order valence-electron chi connectivity index (χ3n) is 3.40. The third kappa shape index (κ3) is 2.46. The van der Waals surface area contributed by atoms with Gasteiger partial charge < -0.3 is 20.7 Å². The first-order valence-electron chi connectivity index (χ1n) is 6.14. The van der Waals surface area contributed by atoms with E-state index in [-0.39, 0.29) is 12.0 Å². The molecule has 0 radical (unpaired) electrons. The predicted molar refractivity (Wildman–Crippen MR) is 81.8 cm³/mol. The highest BCUT2D eigenvalue weighted by molar-refractivity contribution is 7.80. The quantitative estimate of drug-likeness (QED) is 0.490. The van der Waals surface area contributed by atoms with Gasteiger partial charge in [0, 0.05) is 18.4 Å². The maximum Gasteiger partial charge on any atom is 0.337 e. The number of esters is 1. The van der Waals surface area contributed by atoms with Crippen molar-refractivity contribution in [2.24, 2.45) is 0 Å². The van der Waals surface area contributed by atoms with Crippen LogP contribution in [-0.2, 0) is 9.53 Å². The fraction of sp³-hybridized carbons (Fsp3) is 0.286. The van der Waals surface area contributed by atoms with Gasteiger partial charge in [0.25, 0.3) is 0 Å². The summed E-state index contributed by atoms with van der Waals surface area (Å²) in [5, 5.41) is 3.71. The molecule has 0 saturated heterocycles. The summed E-state index contributed by atoms with van der Waals surface area (Å²) in [6, 6.07) is 7.01. The monoisotopic (exact) mass is 291 g/mol. The maximum atomic E-state index is 12.1. The van der Waals surface area contributed by atoms with E-state index in [0.29, 0.717) is 16.4 Å². The van der Waals surface area contributed by atoms with Crippen molar-refractivity contribution in [1.29, 1.82) is 0 Å². The number of hydrogen-bond donors (Lipinski definition) is 2. The SMILES string of the molecule is COC(=O)C1=C(C)N(C)C(=S)N[C@@H]1c1cccc(N)c1. The van der Waals surface area contributed by atoms with Crippen LogP contribution in [0.5, 0.6) is 0 Å². The Morgan fingerprint density at radius 3 is 2.80 bits per heavy atom. The standard InChI is InChI=1S/C14H17N3O2S/c1-8-11(13(18)19-3)12(16-14(20)17(8)2)9-5-4-6-10(15)7-9/h4-7,12H,15H2,1-3H3,(H,16,20)/t12-/m1/s1. The van der Waals surface area contributed by atoms with Crippen molar-refractivity contribution in [2.45, 2.75) is 13.0 Å². The lowest BCUT2D eigenvalue weighted by atomic mass is 9.95. The Morgan fingerprint density at radius 1 is 1.50 bits per heavy atom. The van der Waals surface area contributed by atoms with Gasteiger partial charge in [-0.25, -0.2) is 4.79 Å². The number of nitrogens with two attached hydrogens (primary N) is 1. The fourth-order valence-electron chi connectivity index (χ4n) is 2.20. The number of benzene rings is 1. The number of hydrogen-bond acceptors (Lipinski definition) is 4. The summed E-state index contributed by atoms with van der Waals surface area (Å²) in [6.07, 6.45) is 0. The van der Waals surface area contributed by atoms with Gasteiger partial charge in [-0.3, -0.25) is 0 Å². The molecule has 1 aliphatic heterocycles. The summed E-state index contributed by atoms with van der Waals surface area (Å²) in [4.78, 5) is 13.8. The van der Waals surface area contributed by atoms with Crippen LogP contribution in [-0.4, -0.2) is 30.1 Å². The van der Waals surface area contributed by atoms with E-state index in [2.05, 4.69) is 5.32 Å². The van der Waals surface area contributed by atoms with Gasteiger partial charge in [-0.15, -0.1) is 0 Å². The molecule has 0 aliphatic carbocycles. The molecular formula is C14H17N3O2S. The van der Waals surface area contributed by atoms with Gasteiger partial charge in [-0.1, -0.05) is 12.1 Å². The minimum atomic E-state index is -0.378. The van der Waals surface area contributed by atoms with E-state index in [4.69, 9.17) is 22.7 Å². The number of nitrogens with one attached hydrogen (secondary N) is 1. The number of methoxy groups -OCH3 is 1. The van der Waals surface area contributed by atoms with Gasteiger partial charge in [0.05, 0.1) is 18.7 Å². The van der Waals surface area contributed by atoms with Gasteiger partial charge in [0.1, 0.15) is 0 Å². The molecule has 1 aliphatic rings. The lowest BCUT2D eigenvalue weighted by molar-refractivity contribution is -0.136. The molecule has 0 spiro atoms. The van der Waals surface area contributed by atoms with E-state index in [0.717, 1.165) is 11.3 Å². The van der Waals surface area contributed by atoms with Gasteiger partial charge in [-0.05, 0) is 36.8 Å². The predicted octanol–water partition coefficient (Wildman–Crippen LogP) is 1.58. The highest BCUT2D eigenvalue weighted by Gasteiger charge is 2.33. The Kier molecular flexibility index (Phi) is 3.94. The fourth-order valence-corrected chi connectivity index (χ4v) is 2.45. The van der Waals surface area contributed by atoms with Gasteiger partial charge in [0.15, 0.2) is 5.11 Å². The summed E-state index contributed by atoms with van der Waals surface area (Å²) >= 11 is 5.29. The minimum absolute atomic E-state index is 0.352. The molecular weight excluding hydrogens is 274 g/mol. The van der Waals surface area contributed by atoms with Crippen LogP contribution in [0.25, 0.3) is 0 Å². The highest BCUT2D eigenvalue weighted by atomic mass is 32.1. The normalized spacial score (nSPS) is 18.9. The van der Waals surface area contributed by atoms with Crippen molar-refractivity contribution in [3.8, 4) is 0 Å². The number of allylic oxidation sites excluding steroid dienone is 1. The first-order chi connectivity index (χ1) is 9.45. The lowest BCUT2D eigenvalue weighted by Crippen LogP contribution is -2.46. The van der Waals surface area contributed by atoms with Crippen LogP contribution < -0.4 is 11.1 Å². The summed E-state index contributed by atoms with van der Waals surface area (Å²) in [5.41, 5.74) is 8.63. The second kappa shape index (κ2) is 5.50. The Bertz CT molecular complexity index is 598. The third-order valence-corrected chi connectivity index (χ3v) is 3.80. The smallest absolute Gasteiger partial charge is 0.337 e. The van der Waals surface area contributed by atoms with E-state index in [1.54, 1.807) is 11.0 Å². The number of carbonyl (C=O) groups excluding carboxylic acids is 1. The topological polar surface area (TPSA) is 67.6 Å². The number of ether oxygens (including phenoxy) is 1. The van der Waals surface area contributed by atoms with Crippen LogP contribution >= 0.6 is 12.2 Å². The molecule has 2 rings (SSSR count). The van der Waals surface area contributed by atoms with Crippen LogP contribution in [0.3, 0.4) is 0 Å². The molecule has 6 heteroatoms. The van der Waals surface area contributed by atoms with E-state index in [9.17, 15) is 4.79 Å². The van der Waals surface area contributed by atoms with Crippen molar-refractivity contribution in [1.82, 2.24) is 10.2 Å². The van der Waals surface area contributed by atoms with Crippen molar-refractivity contribution in [3.05, 3.63) is 41.1 Å². The second-order valence-electron chi connectivity index (χ2n) is 4.60. The number of anilines is 1. The number of rotatable bonds is 2. The molecule has 1 atom stereocenters. The average Bonchev–Trinajstić information content (AvgIpc) is 2.43. The highest BCUT2D eigenvalue weighted by Crippen LogP contribution is 2.31. The first-order valence-corrected chi connectivity index (χ1v) is 6.55. The minimum Gasteiger partial charge on any atom is -0.466 e. The van der Waals surface area contributed by atoms with Crippen LogP contribution in [0, 0.1) is 0 Å². The Labute approximate surface area is 123 Å². The maximum absolute atomic E-state index is 12.1. The Balaban J connectivity index is 2.55. The second-order valence-corrected chi connectivity index (χ2v) is 4.99. The summed E-state index contributed by atoms with van der Waals surface area (Å²) in [6.45, 7) is 1.85. The Hall–Kier alpha value is -2.08. The molecule has 1 aromatic rings. The van der Waals surface area contributed by atoms with Crippen molar-refractivity contribution in [3.63, 3.8) is 0 Å². The molecule has 3 N–H and O–H groups in total. The number of nitrogens with zero attached hydrogens (tertiary/aromatic N) is 1. The van der Waals surface area contributed by atoms with E-state index in [1.165, 1.54) is 7.11 Å². The summed E-state index contributed by atoms with van der Waals surface area (Å²) in [5.74, 6) is -0.378. The molecule has 106 valence electrons. The summed E-state index contributed by atoms with van der Waals surface area (Å²) < 4.78 is 4.89. The van der Waals surface area contributed by atoms with E-state index in [1.807, 2.05) is 32.2 Å². The number of nitrogen functional groups attached to an aromatic ring is 1. The molecule has 0 unspecified atom stereocenters. The molecule has 20 heavy (non-hydrogen) atoms. The van der Waals surface area contributed by atoms with Crippen LogP contribution in [0.2, 0.25) is 0 Å². The van der Waals surface area contributed by atoms with E-state index < -0.39 is 0 Å². The number of thiocarbonyl (C=S) groups is 1. The summed E-state index contributed by atoms with van der Waals surface area (Å²) in [7, 11) is 3.18. The molecule has 0 aromatic heterocycles. The zero-order chi connectivity index (χ0) is 14.9. The molecule has 0 amide bonds.